The van der Waals surface area contributed by atoms with Crippen molar-refractivity contribution in [1.82, 2.24) is 9.97 Å². The first kappa shape index (κ1) is 9.52. The van der Waals surface area contributed by atoms with Gasteiger partial charge in [-0.25, -0.2) is 0 Å². The summed E-state index contributed by atoms with van der Waals surface area (Å²) in [5, 5.41) is 0. The standard InChI is InChI=1S/C14H14N2/c1-8-7-16-14-11-4-5-15-10(3)13(11)6-12(14)9(8)2/h4-5,7H,6H2,1-3H3. The van der Waals surface area contributed by atoms with Crippen LogP contribution in [0.3, 0.4) is 0 Å². The molecule has 1 aliphatic carbocycles. The lowest BCUT2D eigenvalue weighted by Gasteiger charge is -2.05. The summed E-state index contributed by atoms with van der Waals surface area (Å²) >= 11 is 0. The topological polar surface area (TPSA) is 25.8 Å². The Balaban J connectivity index is 2.32. The average molecular weight is 210 g/mol. The molecule has 2 aromatic heterocycles. The number of aryl methyl sites for hydroxylation is 2. The molecule has 0 fully saturated rings. The zero-order valence-electron chi connectivity index (χ0n) is 9.83. The Labute approximate surface area is 95.4 Å². The first-order valence-electron chi connectivity index (χ1n) is 5.58. The second kappa shape index (κ2) is 3.14. The number of hydrogen-bond donors (Lipinski definition) is 0. The molecule has 2 aromatic rings. The van der Waals surface area contributed by atoms with Crippen LogP contribution in [0.1, 0.15) is 27.9 Å². The van der Waals surface area contributed by atoms with Gasteiger partial charge in [0.1, 0.15) is 0 Å². The van der Waals surface area contributed by atoms with E-state index in [4.69, 9.17) is 0 Å². The fourth-order valence-corrected chi connectivity index (χ4v) is 2.42. The van der Waals surface area contributed by atoms with Gasteiger partial charge in [0.2, 0.25) is 0 Å². The number of hydrogen-bond acceptors (Lipinski definition) is 2. The Morgan fingerprint density at radius 1 is 1.06 bits per heavy atom. The predicted octanol–water partition coefficient (Wildman–Crippen LogP) is 2.97. The Morgan fingerprint density at radius 3 is 2.69 bits per heavy atom. The highest BCUT2D eigenvalue weighted by atomic mass is 14.7. The molecule has 1 aliphatic rings. The third-order valence-corrected chi connectivity index (χ3v) is 3.60. The lowest BCUT2D eigenvalue weighted by molar-refractivity contribution is 1.09. The molecule has 3 rings (SSSR count). The zero-order chi connectivity index (χ0) is 11.3. The van der Waals surface area contributed by atoms with E-state index in [2.05, 4.69) is 36.8 Å². The number of aromatic nitrogens is 2. The van der Waals surface area contributed by atoms with Crippen LogP contribution in [-0.4, -0.2) is 9.97 Å². The highest BCUT2D eigenvalue weighted by molar-refractivity contribution is 5.75. The van der Waals surface area contributed by atoms with Crippen molar-refractivity contribution in [3.63, 3.8) is 0 Å². The number of rotatable bonds is 0. The fraction of sp³-hybridized carbons (Fsp3) is 0.286. The molecule has 0 spiro atoms. The minimum Gasteiger partial charge on any atom is -0.261 e. The molecule has 0 unspecified atom stereocenters. The van der Waals surface area contributed by atoms with E-state index >= 15 is 0 Å². The van der Waals surface area contributed by atoms with Crippen LogP contribution in [-0.2, 0) is 6.42 Å². The van der Waals surface area contributed by atoms with Gasteiger partial charge < -0.3 is 0 Å². The zero-order valence-corrected chi connectivity index (χ0v) is 9.83. The van der Waals surface area contributed by atoms with Crippen LogP contribution in [0, 0.1) is 20.8 Å². The van der Waals surface area contributed by atoms with E-state index in [1.165, 1.54) is 27.8 Å². The first-order valence-corrected chi connectivity index (χ1v) is 5.58. The largest absolute Gasteiger partial charge is 0.261 e. The summed E-state index contributed by atoms with van der Waals surface area (Å²) in [7, 11) is 0. The quantitative estimate of drug-likeness (QED) is 0.570. The monoisotopic (exact) mass is 210 g/mol. The molecule has 2 nitrogen and oxygen atoms in total. The predicted molar refractivity (Wildman–Crippen MR) is 64.5 cm³/mol. The number of nitrogens with zero attached hydrogens (tertiary/aromatic N) is 2. The third kappa shape index (κ3) is 1.13. The van der Waals surface area contributed by atoms with Gasteiger partial charge in [-0.1, -0.05) is 0 Å². The van der Waals surface area contributed by atoms with Crippen molar-refractivity contribution in [2.45, 2.75) is 27.2 Å². The minimum atomic E-state index is 0.991. The highest BCUT2D eigenvalue weighted by Crippen LogP contribution is 2.37. The summed E-state index contributed by atoms with van der Waals surface area (Å²) in [5.74, 6) is 0. The molecule has 0 aliphatic heterocycles. The fourth-order valence-electron chi connectivity index (χ4n) is 2.42. The summed E-state index contributed by atoms with van der Waals surface area (Å²) in [6.07, 6.45) is 4.84. The Morgan fingerprint density at radius 2 is 1.88 bits per heavy atom. The first-order chi connectivity index (χ1) is 7.68. The minimum absolute atomic E-state index is 0.991. The van der Waals surface area contributed by atoms with E-state index in [0.717, 1.165) is 17.8 Å². The maximum Gasteiger partial charge on any atom is 0.0744 e. The molecule has 0 radical (unpaired) electrons. The lowest BCUT2D eigenvalue weighted by atomic mass is 10.0. The molecule has 0 N–H and O–H groups in total. The van der Waals surface area contributed by atoms with E-state index in [1.807, 2.05) is 12.4 Å². The summed E-state index contributed by atoms with van der Waals surface area (Å²) in [5.41, 5.74) is 8.93. The van der Waals surface area contributed by atoms with E-state index in [0.29, 0.717) is 0 Å². The van der Waals surface area contributed by atoms with Crippen molar-refractivity contribution in [2.75, 3.05) is 0 Å². The highest BCUT2D eigenvalue weighted by Gasteiger charge is 2.23. The van der Waals surface area contributed by atoms with Crippen LogP contribution in [0.15, 0.2) is 18.5 Å². The summed E-state index contributed by atoms with van der Waals surface area (Å²) < 4.78 is 0. The maximum absolute atomic E-state index is 4.57. The number of pyridine rings is 2. The molecule has 16 heavy (non-hydrogen) atoms. The second-order valence-corrected chi connectivity index (χ2v) is 4.49. The van der Waals surface area contributed by atoms with Gasteiger partial charge in [0.15, 0.2) is 0 Å². The van der Waals surface area contributed by atoms with Gasteiger partial charge >= 0.3 is 0 Å². The molecule has 2 heterocycles. The van der Waals surface area contributed by atoms with Crippen molar-refractivity contribution in [3.05, 3.63) is 46.4 Å². The Bertz CT molecular complexity index is 586. The summed E-state index contributed by atoms with van der Waals surface area (Å²) in [6.45, 7) is 6.38. The molecule has 0 saturated heterocycles. The molecule has 2 heteroatoms. The van der Waals surface area contributed by atoms with E-state index < -0.39 is 0 Å². The van der Waals surface area contributed by atoms with Crippen LogP contribution in [0.2, 0.25) is 0 Å². The van der Waals surface area contributed by atoms with Crippen LogP contribution in [0.25, 0.3) is 11.3 Å². The molecular formula is C14H14N2. The molecule has 80 valence electrons. The smallest absolute Gasteiger partial charge is 0.0744 e. The van der Waals surface area contributed by atoms with Gasteiger partial charge in [-0.3, -0.25) is 9.97 Å². The Kier molecular flexibility index (Phi) is 1.87. The van der Waals surface area contributed by atoms with E-state index in [1.54, 1.807) is 0 Å². The SMILES string of the molecule is Cc1cnc2c(c1C)Cc1c-2ccnc1C. The average Bonchev–Trinajstić information content (AvgIpc) is 2.65. The van der Waals surface area contributed by atoms with Crippen molar-refractivity contribution in [1.29, 1.82) is 0 Å². The van der Waals surface area contributed by atoms with Gasteiger partial charge in [0.05, 0.1) is 5.69 Å². The molecule has 0 saturated carbocycles. The van der Waals surface area contributed by atoms with Crippen molar-refractivity contribution in [3.8, 4) is 11.3 Å². The van der Waals surface area contributed by atoms with Gasteiger partial charge in [0.25, 0.3) is 0 Å². The van der Waals surface area contributed by atoms with Crippen LogP contribution >= 0.6 is 0 Å². The molecule has 0 amide bonds. The molecule has 0 bridgehead atoms. The molecule has 0 atom stereocenters. The van der Waals surface area contributed by atoms with Gasteiger partial charge in [-0.15, -0.1) is 0 Å². The van der Waals surface area contributed by atoms with Gasteiger partial charge in [-0.05, 0) is 49.1 Å². The van der Waals surface area contributed by atoms with Gasteiger partial charge in [0, 0.05) is 30.1 Å². The van der Waals surface area contributed by atoms with Crippen molar-refractivity contribution in [2.24, 2.45) is 0 Å². The second-order valence-electron chi connectivity index (χ2n) is 4.49. The normalized spacial score (nSPS) is 12.4. The third-order valence-electron chi connectivity index (χ3n) is 3.60. The van der Waals surface area contributed by atoms with E-state index in [-0.39, 0.29) is 0 Å². The lowest BCUT2D eigenvalue weighted by Crippen LogP contribution is -1.93. The van der Waals surface area contributed by atoms with Crippen molar-refractivity contribution < 1.29 is 0 Å². The number of fused-ring (bicyclic) bond motifs is 3. The van der Waals surface area contributed by atoms with Crippen LogP contribution in [0.4, 0.5) is 0 Å². The van der Waals surface area contributed by atoms with E-state index in [9.17, 15) is 0 Å². The maximum atomic E-state index is 4.57. The Hall–Kier alpha value is -1.70. The summed E-state index contributed by atoms with van der Waals surface area (Å²) in [4.78, 5) is 8.93. The van der Waals surface area contributed by atoms with Crippen LogP contribution in [0.5, 0.6) is 0 Å². The van der Waals surface area contributed by atoms with Gasteiger partial charge in [-0.2, -0.15) is 0 Å². The molecule has 0 aromatic carbocycles. The van der Waals surface area contributed by atoms with Crippen molar-refractivity contribution >= 4 is 0 Å². The summed E-state index contributed by atoms with van der Waals surface area (Å²) in [6, 6.07) is 2.08. The molecular weight excluding hydrogens is 196 g/mol. The van der Waals surface area contributed by atoms with Crippen LogP contribution < -0.4 is 0 Å².